The number of hydrogen-bond donors (Lipinski definition) is 0. The third-order valence-corrected chi connectivity index (χ3v) is 11.6. The Kier molecular flexibility index (Phi) is 22.3. The lowest BCUT2D eigenvalue weighted by Gasteiger charge is -2.54. The van der Waals surface area contributed by atoms with Gasteiger partial charge in [0, 0.05) is 47.8 Å². The van der Waals surface area contributed by atoms with Crippen LogP contribution in [0.3, 0.4) is 0 Å². The van der Waals surface area contributed by atoms with E-state index in [1.807, 2.05) is 0 Å². The Bertz CT molecular complexity index is 827. The van der Waals surface area contributed by atoms with E-state index >= 15 is 0 Å². The molecule has 2 heterocycles. The van der Waals surface area contributed by atoms with Gasteiger partial charge in [0.2, 0.25) is 0 Å². The van der Waals surface area contributed by atoms with Gasteiger partial charge in [-0.2, -0.15) is 10.1 Å². The molecule has 0 aromatic heterocycles. The number of piperidine rings is 2. The summed E-state index contributed by atoms with van der Waals surface area (Å²) in [6, 6.07) is 0. The molecule has 0 radical (unpaired) electrons. The van der Waals surface area contributed by atoms with Crippen LogP contribution in [0.15, 0.2) is 0 Å². The zero-order valence-electron chi connectivity index (χ0n) is 36.4. The van der Waals surface area contributed by atoms with E-state index in [1.54, 1.807) is 0 Å². The molecule has 0 amide bonds. The van der Waals surface area contributed by atoms with E-state index in [-0.39, 0.29) is 34.4 Å². The van der Waals surface area contributed by atoms with Crippen molar-refractivity contribution in [2.75, 3.05) is 13.2 Å². The second-order valence-corrected chi connectivity index (χ2v) is 19.1. The average molecular weight is 737 g/mol. The van der Waals surface area contributed by atoms with Crippen LogP contribution in [0.5, 0.6) is 0 Å². The highest BCUT2D eigenvalue weighted by Crippen LogP contribution is 2.42. The number of hydrogen-bond acceptors (Lipinski definition) is 7. The zero-order valence-corrected chi connectivity index (χ0v) is 36.4. The summed E-state index contributed by atoms with van der Waals surface area (Å²) >= 11 is 0. The molecule has 0 aromatic carbocycles. The first-order valence-electron chi connectivity index (χ1n) is 22.4. The number of ether oxygens (including phenoxy) is 2. The van der Waals surface area contributed by atoms with Crippen LogP contribution in [0.2, 0.25) is 0 Å². The van der Waals surface area contributed by atoms with Gasteiger partial charge in [-0.1, -0.05) is 142 Å². The summed E-state index contributed by atoms with van der Waals surface area (Å²) in [6.07, 6.45) is 31.1. The van der Waals surface area contributed by atoms with Crippen LogP contribution >= 0.6 is 0 Å². The van der Waals surface area contributed by atoms with Gasteiger partial charge in [0.15, 0.2) is 0 Å². The van der Waals surface area contributed by atoms with Gasteiger partial charge in [0.05, 0.1) is 13.2 Å². The number of nitrogens with zero attached hydrogens (tertiary/aromatic N) is 2. The van der Waals surface area contributed by atoms with E-state index < -0.39 is 6.16 Å². The molecule has 0 N–H and O–H groups in total. The molecule has 7 heteroatoms. The molecule has 2 aliphatic rings. The van der Waals surface area contributed by atoms with E-state index in [0.717, 1.165) is 26.1 Å². The summed E-state index contributed by atoms with van der Waals surface area (Å²) in [7, 11) is 0. The Morgan fingerprint density at radius 3 is 0.904 bits per heavy atom. The molecule has 0 spiro atoms. The van der Waals surface area contributed by atoms with Crippen molar-refractivity contribution in [2.45, 2.75) is 271 Å². The predicted molar refractivity (Wildman–Crippen MR) is 218 cm³/mol. The maximum absolute atomic E-state index is 13.2. The minimum atomic E-state index is -0.543. The second kappa shape index (κ2) is 24.6. The lowest BCUT2D eigenvalue weighted by molar-refractivity contribution is -0.296. The Morgan fingerprint density at radius 1 is 0.423 bits per heavy atom. The van der Waals surface area contributed by atoms with Crippen molar-refractivity contribution in [2.24, 2.45) is 0 Å². The zero-order chi connectivity index (χ0) is 38.5. The van der Waals surface area contributed by atoms with Crippen LogP contribution in [0.1, 0.15) is 236 Å². The summed E-state index contributed by atoms with van der Waals surface area (Å²) in [5.74, 6) is 0. The molecule has 0 aromatic rings. The minimum Gasteiger partial charge on any atom is -0.431 e. The van der Waals surface area contributed by atoms with Crippen molar-refractivity contribution in [1.82, 2.24) is 10.1 Å². The fourth-order valence-corrected chi connectivity index (χ4v) is 9.35. The van der Waals surface area contributed by atoms with Crippen LogP contribution < -0.4 is 0 Å². The highest BCUT2D eigenvalue weighted by Gasteiger charge is 2.50. The van der Waals surface area contributed by atoms with Crippen molar-refractivity contribution < 1.29 is 23.9 Å². The largest absolute Gasteiger partial charge is 0.508 e. The second-order valence-electron chi connectivity index (χ2n) is 19.1. The van der Waals surface area contributed by atoms with Gasteiger partial charge in [-0.25, -0.2) is 4.79 Å². The average Bonchev–Trinajstić information content (AvgIpc) is 3.03. The Hall–Kier alpha value is -0.890. The van der Waals surface area contributed by atoms with Gasteiger partial charge in [-0.15, -0.1) is 0 Å². The molecule has 2 rings (SSSR count). The third kappa shape index (κ3) is 18.2. The number of rotatable bonds is 28. The maximum Gasteiger partial charge on any atom is 0.508 e. The lowest BCUT2D eigenvalue weighted by Crippen LogP contribution is -2.62. The molecule has 0 bridgehead atoms. The Balaban J connectivity index is 1.69. The minimum absolute atomic E-state index is 0.213. The molecule has 2 aliphatic heterocycles. The first kappa shape index (κ1) is 47.3. The van der Waals surface area contributed by atoms with Crippen LogP contribution in [0, 0.1) is 0 Å². The van der Waals surface area contributed by atoms with E-state index in [2.05, 4.69) is 79.4 Å². The first-order valence-corrected chi connectivity index (χ1v) is 22.4. The predicted octanol–water partition coefficient (Wildman–Crippen LogP) is 13.7. The van der Waals surface area contributed by atoms with Gasteiger partial charge in [-0.05, 0) is 68.2 Å². The highest BCUT2D eigenvalue weighted by molar-refractivity contribution is 5.60. The van der Waals surface area contributed by atoms with E-state index in [0.29, 0.717) is 25.7 Å². The number of carbonyl (C=O) groups is 1. The van der Waals surface area contributed by atoms with Crippen molar-refractivity contribution in [3.63, 3.8) is 0 Å². The molecule has 0 unspecified atom stereocenters. The SMILES string of the molecule is CCCCCCCCCCCCCON1C(C)(C)CC(OC(=O)OC2CC(C)(C)N(OCCCCCCCCCCCCC)C(C)(C)C2)CC1(C)C. The van der Waals surface area contributed by atoms with E-state index in [1.165, 1.54) is 128 Å². The van der Waals surface area contributed by atoms with Crippen molar-refractivity contribution in [3.8, 4) is 0 Å². The van der Waals surface area contributed by atoms with Crippen LogP contribution in [0.25, 0.3) is 0 Å². The molecule has 0 atom stereocenters. The Morgan fingerprint density at radius 2 is 0.654 bits per heavy atom. The standard InChI is InChI=1S/C45H88N2O5/c1-11-13-15-17-19-21-23-25-27-29-31-33-49-46-42(3,4)35-39(36-43(46,5)6)51-41(48)52-40-37-44(7,8)47(45(9,10)38-40)50-34-32-30-28-26-24-22-20-18-16-14-12-2/h39-40H,11-38H2,1-10H3. The van der Waals surface area contributed by atoms with Crippen LogP contribution in [0.4, 0.5) is 4.79 Å². The molecule has 0 saturated carbocycles. The smallest absolute Gasteiger partial charge is 0.431 e. The third-order valence-electron chi connectivity index (χ3n) is 11.6. The van der Waals surface area contributed by atoms with Gasteiger partial charge in [0.25, 0.3) is 0 Å². The number of hydroxylamine groups is 4. The van der Waals surface area contributed by atoms with Crippen molar-refractivity contribution >= 4 is 6.16 Å². The molecule has 7 nitrogen and oxygen atoms in total. The summed E-state index contributed by atoms with van der Waals surface area (Å²) in [5.41, 5.74) is -1.04. The Labute approximate surface area is 323 Å². The monoisotopic (exact) mass is 737 g/mol. The van der Waals surface area contributed by atoms with Crippen molar-refractivity contribution in [1.29, 1.82) is 0 Å². The maximum atomic E-state index is 13.2. The highest BCUT2D eigenvalue weighted by atomic mass is 16.7. The summed E-state index contributed by atoms with van der Waals surface area (Å²) in [4.78, 5) is 26.1. The number of unbranched alkanes of at least 4 members (excludes halogenated alkanes) is 20. The summed E-state index contributed by atoms with van der Waals surface area (Å²) in [5, 5.41) is 4.36. The summed E-state index contributed by atoms with van der Waals surface area (Å²) in [6.45, 7) is 23.7. The molecule has 2 fully saturated rings. The molecule has 2 saturated heterocycles. The molecular formula is C45H88N2O5. The van der Waals surface area contributed by atoms with E-state index in [4.69, 9.17) is 19.1 Å². The fourth-order valence-electron chi connectivity index (χ4n) is 9.35. The van der Waals surface area contributed by atoms with Gasteiger partial charge in [-0.3, -0.25) is 9.68 Å². The number of carbonyl (C=O) groups excluding carboxylic acids is 1. The molecular weight excluding hydrogens is 649 g/mol. The van der Waals surface area contributed by atoms with Crippen LogP contribution in [-0.4, -0.2) is 63.9 Å². The van der Waals surface area contributed by atoms with Gasteiger partial charge >= 0.3 is 6.16 Å². The van der Waals surface area contributed by atoms with Crippen molar-refractivity contribution in [3.05, 3.63) is 0 Å². The normalized spacial score (nSPS) is 20.7. The topological polar surface area (TPSA) is 60.5 Å². The van der Waals surface area contributed by atoms with Gasteiger partial charge < -0.3 is 9.47 Å². The lowest BCUT2D eigenvalue weighted by atomic mass is 9.80. The molecule has 308 valence electrons. The fraction of sp³-hybridized carbons (Fsp3) is 0.978. The molecule has 52 heavy (non-hydrogen) atoms. The summed E-state index contributed by atoms with van der Waals surface area (Å²) < 4.78 is 12.1. The quantitative estimate of drug-likeness (QED) is 0.0585. The molecule has 0 aliphatic carbocycles. The first-order chi connectivity index (χ1) is 24.6. The van der Waals surface area contributed by atoms with E-state index in [9.17, 15) is 4.79 Å². The van der Waals surface area contributed by atoms with Gasteiger partial charge in [0.1, 0.15) is 12.2 Å². The van der Waals surface area contributed by atoms with Crippen LogP contribution in [-0.2, 0) is 19.1 Å².